The number of methoxy groups -OCH3 is 1. The van der Waals surface area contributed by atoms with E-state index in [1.807, 2.05) is 0 Å². The molecule has 1 aromatic heterocycles. The number of hydroxylamine groups is 2. The Bertz CT molecular complexity index is 1040. The van der Waals surface area contributed by atoms with Gasteiger partial charge >= 0.3 is 5.97 Å². The first-order valence-electron chi connectivity index (χ1n) is 7.60. The normalized spacial score (nSPS) is 13.0. The Hall–Kier alpha value is -3.81. The summed E-state index contributed by atoms with van der Waals surface area (Å²) in [7, 11) is 1.53. The van der Waals surface area contributed by atoms with E-state index < -0.39 is 17.8 Å². The van der Waals surface area contributed by atoms with Crippen LogP contribution in [0.25, 0.3) is 10.9 Å². The van der Waals surface area contributed by atoms with Crippen molar-refractivity contribution in [2.45, 2.75) is 0 Å². The van der Waals surface area contributed by atoms with Crippen molar-refractivity contribution in [1.29, 1.82) is 0 Å². The summed E-state index contributed by atoms with van der Waals surface area (Å²) in [4.78, 5) is 41.8. The lowest BCUT2D eigenvalue weighted by Gasteiger charge is -2.12. The van der Waals surface area contributed by atoms with Gasteiger partial charge in [0.2, 0.25) is 0 Å². The molecule has 0 fully saturated rings. The number of fused-ring (bicyclic) bond motifs is 2. The van der Waals surface area contributed by atoms with E-state index in [9.17, 15) is 14.4 Å². The van der Waals surface area contributed by atoms with Crippen molar-refractivity contribution in [2.24, 2.45) is 0 Å². The van der Waals surface area contributed by atoms with Crippen LogP contribution in [-0.4, -0.2) is 40.2 Å². The van der Waals surface area contributed by atoms with Gasteiger partial charge in [0.05, 0.1) is 23.8 Å². The lowest BCUT2D eigenvalue weighted by molar-refractivity contribution is -0.0589. The van der Waals surface area contributed by atoms with Crippen molar-refractivity contribution in [3.05, 3.63) is 65.4 Å². The molecule has 2 heterocycles. The zero-order valence-corrected chi connectivity index (χ0v) is 13.5. The zero-order chi connectivity index (χ0) is 18.3. The van der Waals surface area contributed by atoms with Crippen LogP contribution in [0.15, 0.2) is 48.5 Å². The van der Waals surface area contributed by atoms with Crippen molar-refractivity contribution >= 4 is 28.7 Å². The van der Waals surface area contributed by atoms with Gasteiger partial charge < -0.3 is 9.57 Å². The standard InChI is InChI=1S/C18H11N3O5/c1-25-11-7-6-10-8-15(20-19-14(10)9-11)18(24)26-21-16(22)12-4-2-3-5-13(12)17(21)23/h2-9H,1H3. The molecule has 0 atom stereocenters. The zero-order valence-electron chi connectivity index (χ0n) is 13.5. The second-order valence-corrected chi connectivity index (χ2v) is 5.48. The van der Waals surface area contributed by atoms with Gasteiger partial charge in [-0.15, -0.1) is 10.2 Å². The molecule has 0 aliphatic carbocycles. The molecule has 1 aliphatic rings. The van der Waals surface area contributed by atoms with Gasteiger partial charge in [-0.2, -0.15) is 0 Å². The van der Waals surface area contributed by atoms with Crippen LogP contribution in [0, 0.1) is 0 Å². The Kier molecular flexibility index (Phi) is 3.58. The van der Waals surface area contributed by atoms with Gasteiger partial charge in [0.25, 0.3) is 11.8 Å². The Balaban J connectivity index is 1.60. The monoisotopic (exact) mass is 349 g/mol. The molecule has 0 saturated heterocycles. The Labute approximate surface area is 146 Å². The molecule has 8 heteroatoms. The molecule has 2 aromatic carbocycles. The number of hydrogen-bond donors (Lipinski definition) is 0. The first-order valence-corrected chi connectivity index (χ1v) is 7.60. The SMILES string of the molecule is COc1ccc2cc(C(=O)ON3C(=O)c4ccccc4C3=O)nnc2c1. The molecule has 0 unspecified atom stereocenters. The minimum atomic E-state index is -0.954. The summed E-state index contributed by atoms with van der Waals surface area (Å²) in [5.74, 6) is -1.74. The van der Waals surface area contributed by atoms with Crippen LogP contribution in [0.3, 0.4) is 0 Å². The van der Waals surface area contributed by atoms with E-state index in [0.717, 1.165) is 0 Å². The Morgan fingerprint density at radius 1 is 0.962 bits per heavy atom. The lowest BCUT2D eigenvalue weighted by Crippen LogP contribution is -2.33. The summed E-state index contributed by atoms with van der Waals surface area (Å²) < 4.78 is 5.10. The lowest BCUT2D eigenvalue weighted by atomic mass is 10.1. The number of aromatic nitrogens is 2. The molecule has 0 bridgehead atoms. The smallest absolute Gasteiger partial charge is 0.384 e. The summed E-state index contributed by atoms with van der Waals surface area (Å²) in [6.45, 7) is 0. The predicted octanol–water partition coefficient (Wildman–Crippen LogP) is 2.01. The molecule has 4 rings (SSSR count). The van der Waals surface area contributed by atoms with Crippen molar-refractivity contribution in [2.75, 3.05) is 7.11 Å². The number of nitrogens with zero attached hydrogens (tertiary/aromatic N) is 3. The van der Waals surface area contributed by atoms with Crippen LogP contribution in [0.1, 0.15) is 31.2 Å². The average molecular weight is 349 g/mol. The number of amides is 2. The average Bonchev–Trinajstić information content (AvgIpc) is 2.92. The van der Waals surface area contributed by atoms with Crippen molar-refractivity contribution < 1.29 is 24.0 Å². The highest BCUT2D eigenvalue weighted by Crippen LogP contribution is 2.24. The van der Waals surface area contributed by atoms with Gasteiger partial charge in [-0.25, -0.2) is 4.79 Å². The minimum absolute atomic E-state index is 0.126. The molecule has 0 spiro atoms. The van der Waals surface area contributed by atoms with E-state index >= 15 is 0 Å². The largest absolute Gasteiger partial charge is 0.497 e. The third kappa shape index (κ3) is 2.44. The van der Waals surface area contributed by atoms with Gasteiger partial charge in [-0.3, -0.25) is 9.59 Å². The highest BCUT2D eigenvalue weighted by atomic mass is 16.7. The molecular formula is C18H11N3O5. The van der Waals surface area contributed by atoms with Crippen LogP contribution >= 0.6 is 0 Å². The highest BCUT2D eigenvalue weighted by Gasteiger charge is 2.39. The van der Waals surface area contributed by atoms with Gasteiger partial charge in [0.15, 0.2) is 5.69 Å². The molecule has 2 amide bonds. The van der Waals surface area contributed by atoms with Crippen LogP contribution < -0.4 is 4.74 Å². The quantitative estimate of drug-likeness (QED) is 0.667. The Morgan fingerprint density at radius 2 is 1.65 bits per heavy atom. The maximum atomic E-state index is 12.3. The number of carbonyl (C=O) groups is 3. The van der Waals surface area contributed by atoms with Crippen LogP contribution in [0.2, 0.25) is 0 Å². The molecular weight excluding hydrogens is 338 g/mol. The van der Waals surface area contributed by atoms with Crippen molar-refractivity contribution in [3.63, 3.8) is 0 Å². The Morgan fingerprint density at radius 3 is 2.31 bits per heavy atom. The summed E-state index contributed by atoms with van der Waals surface area (Å²) in [5, 5.41) is 8.81. The summed E-state index contributed by atoms with van der Waals surface area (Å²) in [6.07, 6.45) is 0. The molecule has 128 valence electrons. The van der Waals surface area contributed by atoms with Gasteiger partial charge in [0.1, 0.15) is 5.75 Å². The summed E-state index contributed by atoms with van der Waals surface area (Å²) in [6, 6.07) is 12.8. The van der Waals surface area contributed by atoms with Crippen molar-refractivity contribution in [3.8, 4) is 5.75 Å². The fourth-order valence-corrected chi connectivity index (χ4v) is 2.62. The second kappa shape index (κ2) is 5.92. The number of rotatable bonds is 3. The van der Waals surface area contributed by atoms with Crippen LogP contribution in [-0.2, 0) is 4.84 Å². The van der Waals surface area contributed by atoms with Crippen LogP contribution in [0.4, 0.5) is 0 Å². The molecule has 26 heavy (non-hydrogen) atoms. The number of carbonyl (C=O) groups excluding carboxylic acids is 3. The van der Waals surface area contributed by atoms with E-state index in [0.29, 0.717) is 21.7 Å². The second-order valence-electron chi connectivity index (χ2n) is 5.48. The molecule has 0 N–H and O–H groups in total. The van der Waals surface area contributed by atoms with Crippen LogP contribution in [0.5, 0.6) is 5.75 Å². The minimum Gasteiger partial charge on any atom is -0.497 e. The highest BCUT2D eigenvalue weighted by molar-refractivity contribution is 6.21. The molecule has 0 saturated carbocycles. The molecule has 0 radical (unpaired) electrons. The van der Waals surface area contributed by atoms with Gasteiger partial charge in [-0.05, 0) is 30.3 Å². The van der Waals surface area contributed by atoms with E-state index in [2.05, 4.69) is 10.2 Å². The summed E-state index contributed by atoms with van der Waals surface area (Å²) in [5.41, 5.74) is 0.768. The third-order valence-electron chi connectivity index (χ3n) is 3.94. The van der Waals surface area contributed by atoms with Gasteiger partial charge in [-0.1, -0.05) is 17.2 Å². The fraction of sp³-hybridized carbons (Fsp3) is 0.0556. The van der Waals surface area contributed by atoms with E-state index in [1.54, 1.807) is 30.3 Å². The first kappa shape index (κ1) is 15.7. The number of benzene rings is 2. The van der Waals surface area contributed by atoms with E-state index in [4.69, 9.17) is 9.57 Å². The molecule has 8 nitrogen and oxygen atoms in total. The van der Waals surface area contributed by atoms with Crippen molar-refractivity contribution in [1.82, 2.24) is 15.3 Å². The fourth-order valence-electron chi connectivity index (χ4n) is 2.62. The summed E-state index contributed by atoms with van der Waals surface area (Å²) >= 11 is 0. The topological polar surface area (TPSA) is 98.7 Å². The maximum absolute atomic E-state index is 12.3. The molecule has 3 aromatic rings. The first-order chi connectivity index (χ1) is 12.6. The van der Waals surface area contributed by atoms with E-state index in [1.165, 1.54) is 25.3 Å². The van der Waals surface area contributed by atoms with Gasteiger partial charge in [0, 0.05) is 11.5 Å². The van der Waals surface area contributed by atoms with E-state index in [-0.39, 0.29) is 16.8 Å². The number of ether oxygens (including phenoxy) is 1. The third-order valence-corrected chi connectivity index (χ3v) is 3.94. The predicted molar refractivity (Wildman–Crippen MR) is 88.4 cm³/mol. The molecule has 1 aliphatic heterocycles. The maximum Gasteiger partial charge on any atom is 0.384 e. The number of imide groups is 1. The number of hydrogen-bond acceptors (Lipinski definition) is 7.